The largest absolute Gasteiger partial charge is 0.484 e. The molecule has 122 valence electrons. The first-order valence-corrected chi connectivity index (χ1v) is 7.35. The summed E-state index contributed by atoms with van der Waals surface area (Å²) in [4.78, 5) is 27.9. The van der Waals surface area contributed by atoms with Gasteiger partial charge in [0.2, 0.25) is 5.84 Å². The number of fused-ring (bicyclic) bond motifs is 1. The minimum atomic E-state index is -0.714. The van der Waals surface area contributed by atoms with Crippen LogP contribution in [0.2, 0.25) is 0 Å². The minimum Gasteiger partial charge on any atom is -0.484 e. The van der Waals surface area contributed by atoms with Gasteiger partial charge in [0.05, 0.1) is 12.2 Å². The number of hydrazine groups is 1. The van der Waals surface area contributed by atoms with E-state index >= 15 is 0 Å². The Balaban J connectivity index is 1.67. The summed E-state index contributed by atoms with van der Waals surface area (Å²) in [5.41, 5.74) is 9.51. The zero-order chi connectivity index (χ0) is 16.9. The van der Waals surface area contributed by atoms with Gasteiger partial charge in [0, 0.05) is 0 Å². The molecule has 0 aliphatic carbocycles. The number of carbonyl (C=O) groups is 2. The fourth-order valence-corrected chi connectivity index (χ4v) is 2.30. The van der Waals surface area contributed by atoms with Crippen LogP contribution in [0, 0.1) is 0 Å². The van der Waals surface area contributed by atoms with Crippen LogP contribution in [0.3, 0.4) is 0 Å². The van der Waals surface area contributed by atoms with Gasteiger partial charge in [0.25, 0.3) is 11.8 Å². The van der Waals surface area contributed by atoms with Crippen molar-refractivity contribution in [2.45, 2.75) is 6.54 Å². The van der Waals surface area contributed by atoms with Gasteiger partial charge in [-0.15, -0.1) is 0 Å². The van der Waals surface area contributed by atoms with Crippen molar-refractivity contribution in [2.75, 3.05) is 6.61 Å². The molecule has 1 aliphatic heterocycles. The molecule has 7 nitrogen and oxygen atoms in total. The first-order valence-electron chi connectivity index (χ1n) is 7.35. The second-order valence-corrected chi connectivity index (χ2v) is 5.15. The Morgan fingerprint density at radius 1 is 1.12 bits per heavy atom. The Hall–Kier alpha value is -3.35. The summed E-state index contributed by atoms with van der Waals surface area (Å²) in [5, 5.41) is 1.33. The van der Waals surface area contributed by atoms with Crippen molar-refractivity contribution in [3.63, 3.8) is 0 Å². The first kappa shape index (κ1) is 15.5. The van der Waals surface area contributed by atoms with Gasteiger partial charge < -0.3 is 10.5 Å². The Morgan fingerprint density at radius 3 is 2.58 bits per heavy atom. The van der Waals surface area contributed by atoms with E-state index in [2.05, 4.69) is 10.4 Å². The highest BCUT2D eigenvalue weighted by Crippen LogP contribution is 2.24. The zero-order valence-corrected chi connectivity index (χ0v) is 12.8. The highest BCUT2D eigenvalue weighted by Gasteiger charge is 2.25. The molecule has 0 saturated carbocycles. The molecule has 0 radical (unpaired) electrons. The van der Waals surface area contributed by atoms with E-state index in [0.717, 1.165) is 5.56 Å². The molecule has 0 aromatic heterocycles. The number of rotatable bonds is 5. The lowest BCUT2D eigenvalue weighted by Gasteiger charge is -2.28. The van der Waals surface area contributed by atoms with Crippen LogP contribution >= 0.6 is 0 Å². The molecular formula is C17H16N4O3. The van der Waals surface area contributed by atoms with E-state index in [-0.39, 0.29) is 12.4 Å². The predicted octanol–water partition coefficient (Wildman–Crippen LogP) is 1.13. The molecule has 2 aromatic carbocycles. The van der Waals surface area contributed by atoms with Crippen LogP contribution in [0.1, 0.15) is 5.56 Å². The van der Waals surface area contributed by atoms with Gasteiger partial charge >= 0.3 is 0 Å². The summed E-state index contributed by atoms with van der Waals surface area (Å²) < 4.78 is 5.38. The Labute approximate surface area is 138 Å². The maximum atomic E-state index is 12.1. The van der Waals surface area contributed by atoms with E-state index in [9.17, 15) is 9.59 Å². The van der Waals surface area contributed by atoms with Gasteiger partial charge in [-0.05, 0) is 23.8 Å². The second kappa shape index (κ2) is 6.82. The van der Waals surface area contributed by atoms with Crippen molar-refractivity contribution in [1.82, 2.24) is 10.4 Å². The van der Waals surface area contributed by atoms with Crippen molar-refractivity contribution in [1.29, 1.82) is 0 Å². The maximum Gasteiger partial charge on any atom is 0.286 e. The molecule has 2 aromatic rings. The lowest BCUT2D eigenvalue weighted by molar-refractivity contribution is -0.126. The molecule has 0 atom stereocenters. The molecule has 2 amide bonds. The number of ether oxygens (including phenoxy) is 1. The molecule has 0 unspecified atom stereocenters. The van der Waals surface area contributed by atoms with Crippen LogP contribution < -0.4 is 15.9 Å². The number of aliphatic imine (C=N–C) groups is 1. The number of para-hydroxylation sites is 2. The van der Waals surface area contributed by atoms with Crippen LogP contribution in [-0.2, 0) is 16.1 Å². The van der Waals surface area contributed by atoms with Gasteiger partial charge in [-0.3, -0.25) is 20.0 Å². The molecule has 0 bridgehead atoms. The number of primary amides is 1. The normalized spacial score (nSPS) is 12.8. The summed E-state index contributed by atoms with van der Waals surface area (Å²) in [6.07, 6.45) is 0. The van der Waals surface area contributed by atoms with E-state index in [1.165, 1.54) is 5.01 Å². The fourth-order valence-electron chi connectivity index (χ4n) is 2.30. The van der Waals surface area contributed by atoms with Crippen molar-refractivity contribution in [3.8, 4) is 5.75 Å². The van der Waals surface area contributed by atoms with E-state index in [0.29, 0.717) is 18.0 Å². The fraction of sp³-hybridized carbons (Fsp3) is 0.118. The Bertz CT molecular complexity index is 789. The number of benzene rings is 2. The Kier molecular flexibility index (Phi) is 4.42. The predicted molar refractivity (Wildman–Crippen MR) is 88.4 cm³/mol. The smallest absolute Gasteiger partial charge is 0.286 e. The van der Waals surface area contributed by atoms with Crippen LogP contribution in [0.25, 0.3) is 0 Å². The standard InChI is InChI=1S/C17H16N4O3/c18-16(23)17-19-14-9-5-4-6-12(14)10-21(17)20-15(22)11-24-13-7-2-1-3-8-13/h1-9H,10-11H2,(H2,18,23)(H,20,22). The third-order valence-corrected chi connectivity index (χ3v) is 3.40. The van der Waals surface area contributed by atoms with Gasteiger partial charge in [0.1, 0.15) is 5.75 Å². The van der Waals surface area contributed by atoms with E-state index in [4.69, 9.17) is 10.5 Å². The Morgan fingerprint density at radius 2 is 1.83 bits per heavy atom. The number of hydrogen-bond donors (Lipinski definition) is 2. The molecule has 0 fully saturated rings. The molecule has 1 aliphatic rings. The number of hydrogen-bond acceptors (Lipinski definition) is 5. The maximum absolute atomic E-state index is 12.1. The molecule has 0 saturated heterocycles. The van der Waals surface area contributed by atoms with Crippen LogP contribution in [0.15, 0.2) is 59.6 Å². The van der Waals surface area contributed by atoms with Crippen molar-refractivity contribution < 1.29 is 14.3 Å². The second-order valence-electron chi connectivity index (χ2n) is 5.15. The molecular weight excluding hydrogens is 308 g/mol. The van der Waals surface area contributed by atoms with Crippen molar-refractivity contribution in [3.05, 3.63) is 60.2 Å². The average Bonchev–Trinajstić information content (AvgIpc) is 2.60. The molecule has 0 spiro atoms. The van der Waals surface area contributed by atoms with E-state index < -0.39 is 11.8 Å². The molecule has 7 heteroatoms. The highest BCUT2D eigenvalue weighted by molar-refractivity contribution is 6.38. The number of nitrogens with two attached hydrogens (primary N) is 1. The van der Waals surface area contributed by atoms with Crippen molar-refractivity contribution >= 4 is 23.3 Å². The summed E-state index contributed by atoms with van der Waals surface area (Å²) in [6, 6.07) is 16.3. The number of amides is 2. The summed E-state index contributed by atoms with van der Waals surface area (Å²) >= 11 is 0. The van der Waals surface area contributed by atoms with Crippen LogP contribution in [0.4, 0.5) is 5.69 Å². The molecule has 24 heavy (non-hydrogen) atoms. The summed E-state index contributed by atoms with van der Waals surface area (Å²) in [7, 11) is 0. The van der Waals surface area contributed by atoms with Gasteiger partial charge in [0.15, 0.2) is 6.61 Å². The molecule has 3 rings (SSSR count). The highest BCUT2D eigenvalue weighted by atomic mass is 16.5. The topological polar surface area (TPSA) is 97.0 Å². The van der Waals surface area contributed by atoms with Crippen LogP contribution in [0.5, 0.6) is 5.75 Å². The lowest BCUT2D eigenvalue weighted by Crippen LogP contribution is -2.52. The first-order chi connectivity index (χ1) is 11.6. The third-order valence-electron chi connectivity index (χ3n) is 3.40. The summed E-state index contributed by atoms with van der Waals surface area (Å²) in [6.45, 7) is 0.114. The number of nitrogens with one attached hydrogen (secondary N) is 1. The van der Waals surface area contributed by atoms with E-state index in [1.807, 2.05) is 36.4 Å². The molecule has 3 N–H and O–H groups in total. The van der Waals surface area contributed by atoms with Crippen molar-refractivity contribution in [2.24, 2.45) is 10.7 Å². The average molecular weight is 324 g/mol. The monoisotopic (exact) mass is 324 g/mol. The lowest BCUT2D eigenvalue weighted by atomic mass is 10.1. The number of carbonyl (C=O) groups excluding carboxylic acids is 2. The summed E-state index contributed by atoms with van der Waals surface area (Å²) in [5.74, 6) is -0.553. The molecule has 1 heterocycles. The minimum absolute atomic E-state index is 0.0123. The van der Waals surface area contributed by atoms with E-state index in [1.54, 1.807) is 18.2 Å². The third kappa shape index (κ3) is 3.52. The van der Waals surface area contributed by atoms with Gasteiger partial charge in [-0.25, -0.2) is 4.99 Å². The van der Waals surface area contributed by atoms with Gasteiger partial charge in [-0.1, -0.05) is 36.4 Å². The number of amidine groups is 1. The van der Waals surface area contributed by atoms with Gasteiger partial charge in [-0.2, -0.15) is 0 Å². The SMILES string of the molecule is NC(=O)C1=Nc2ccccc2CN1NC(=O)COc1ccccc1. The number of nitrogens with zero attached hydrogens (tertiary/aromatic N) is 2. The zero-order valence-electron chi connectivity index (χ0n) is 12.8. The van der Waals surface area contributed by atoms with Crippen LogP contribution in [-0.4, -0.2) is 29.3 Å². The quantitative estimate of drug-likeness (QED) is 0.861.